The maximum Gasteiger partial charge on any atom is 0.272 e. The predicted octanol–water partition coefficient (Wildman–Crippen LogP) is 2.94. The number of rotatable bonds is 5. The summed E-state index contributed by atoms with van der Waals surface area (Å²) in [4.78, 5) is 10.6. The van der Waals surface area contributed by atoms with E-state index in [1.165, 1.54) is 18.9 Å². The molecule has 1 aliphatic carbocycles. The monoisotopic (exact) mass is 278 g/mol. The molecular formula is C15H22N2O3. The fraction of sp³-hybridized carbons (Fsp3) is 0.600. The van der Waals surface area contributed by atoms with Gasteiger partial charge in [0.05, 0.1) is 17.6 Å². The van der Waals surface area contributed by atoms with E-state index in [2.05, 4.69) is 0 Å². The first-order chi connectivity index (χ1) is 9.63. The Kier molecular flexibility index (Phi) is 5.09. The van der Waals surface area contributed by atoms with Gasteiger partial charge in [0.25, 0.3) is 5.69 Å². The van der Waals surface area contributed by atoms with E-state index in [0.717, 1.165) is 18.4 Å². The Labute approximate surface area is 119 Å². The van der Waals surface area contributed by atoms with E-state index < -0.39 is 0 Å². The fourth-order valence-corrected chi connectivity index (χ4v) is 2.88. The first kappa shape index (κ1) is 14.9. The molecule has 0 aliphatic heterocycles. The summed E-state index contributed by atoms with van der Waals surface area (Å²) in [6, 6.07) is 5.13. The Balaban J connectivity index is 2.03. The zero-order valence-corrected chi connectivity index (χ0v) is 11.9. The van der Waals surface area contributed by atoms with Crippen molar-refractivity contribution in [3.63, 3.8) is 0 Å². The molecule has 2 unspecified atom stereocenters. The third-order valence-electron chi connectivity index (χ3n) is 4.21. The van der Waals surface area contributed by atoms with Crippen LogP contribution < -0.4 is 5.73 Å². The van der Waals surface area contributed by atoms with Crippen molar-refractivity contribution in [1.82, 2.24) is 0 Å². The van der Waals surface area contributed by atoms with Crippen molar-refractivity contribution in [2.24, 2.45) is 11.7 Å². The molecule has 1 aliphatic rings. The first-order valence-electron chi connectivity index (χ1n) is 7.18. The van der Waals surface area contributed by atoms with E-state index >= 15 is 0 Å². The van der Waals surface area contributed by atoms with Gasteiger partial charge < -0.3 is 10.5 Å². The number of nitrogens with zero attached hydrogens (tertiary/aromatic N) is 1. The van der Waals surface area contributed by atoms with E-state index in [1.54, 1.807) is 13.0 Å². The molecule has 0 bridgehead atoms. The smallest absolute Gasteiger partial charge is 0.272 e. The molecule has 110 valence electrons. The van der Waals surface area contributed by atoms with Crippen LogP contribution in [0.5, 0.6) is 0 Å². The average molecular weight is 278 g/mol. The maximum atomic E-state index is 10.9. The van der Waals surface area contributed by atoms with E-state index in [-0.39, 0.29) is 16.7 Å². The van der Waals surface area contributed by atoms with Crippen molar-refractivity contribution < 1.29 is 9.66 Å². The lowest BCUT2D eigenvalue weighted by Gasteiger charge is -2.30. The second-order valence-corrected chi connectivity index (χ2v) is 5.45. The Morgan fingerprint density at radius 2 is 2.15 bits per heavy atom. The second kappa shape index (κ2) is 6.81. The van der Waals surface area contributed by atoms with Crippen molar-refractivity contribution in [1.29, 1.82) is 0 Å². The number of benzene rings is 1. The van der Waals surface area contributed by atoms with E-state index in [0.29, 0.717) is 24.6 Å². The van der Waals surface area contributed by atoms with Crippen LogP contribution in [-0.2, 0) is 11.3 Å². The molecule has 1 fully saturated rings. The molecule has 0 heterocycles. The Morgan fingerprint density at radius 1 is 1.40 bits per heavy atom. The molecule has 5 nitrogen and oxygen atoms in total. The third-order valence-corrected chi connectivity index (χ3v) is 4.21. The van der Waals surface area contributed by atoms with Gasteiger partial charge in [-0.05, 0) is 37.8 Å². The SMILES string of the molecule is Cc1c(COC2CCCCC2CN)cccc1[N+](=O)[O-]. The van der Waals surface area contributed by atoms with Gasteiger partial charge in [0.1, 0.15) is 0 Å². The molecule has 5 heteroatoms. The minimum Gasteiger partial charge on any atom is -0.373 e. The topological polar surface area (TPSA) is 78.4 Å². The van der Waals surface area contributed by atoms with Gasteiger partial charge in [-0.1, -0.05) is 25.0 Å². The predicted molar refractivity (Wildman–Crippen MR) is 77.4 cm³/mol. The lowest BCUT2D eigenvalue weighted by atomic mass is 9.86. The highest BCUT2D eigenvalue weighted by Crippen LogP contribution is 2.28. The summed E-state index contributed by atoms with van der Waals surface area (Å²) in [7, 11) is 0. The molecule has 0 aromatic heterocycles. The molecule has 0 saturated heterocycles. The van der Waals surface area contributed by atoms with E-state index in [1.807, 2.05) is 6.07 Å². The molecule has 2 N–H and O–H groups in total. The van der Waals surface area contributed by atoms with Crippen LogP contribution in [0.3, 0.4) is 0 Å². The summed E-state index contributed by atoms with van der Waals surface area (Å²) in [6.07, 6.45) is 4.74. The van der Waals surface area contributed by atoms with E-state index in [4.69, 9.17) is 10.5 Å². The van der Waals surface area contributed by atoms with Gasteiger partial charge in [0.2, 0.25) is 0 Å². The van der Waals surface area contributed by atoms with Crippen LogP contribution in [0.25, 0.3) is 0 Å². The lowest BCUT2D eigenvalue weighted by molar-refractivity contribution is -0.385. The van der Waals surface area contributed by atoms with Gasteiger partial charge in [0.15, 0.2) is 0 Å². The molecule has 0 spiro atoms. The minimum atomic E-state index is -0.345. The number of hydrogen-bond acceptors (Lipinski definition) is 4. The molecular weight excluding hydrogens is 256 g/mol. The van der Waals surface area contributed by atoms with Crippen molar-refractivity contribution in [3.8, 4) is 0 Å². The Bertz CT molecular complexity index is 476. The highest BCUT2D eigenvalue weighted by Gasteiger charge is 2.25. The van der Waals surface area contributed by atoms with Gasteiger partial charge in [-0.25, -0.2) is 0 Å². The molecule has 0 amide bonds. The van der Waals surface area contributed by atoms with Gasteiger partial charge in [-0.15, -0.1) is 0 Å². The molecule has 0 radical (unpaired) electrons. The second-order valence-electron chi connectivity index (χ2n) is 5.45. The number of nitro groups is 1. The van der Waals surface area contributed by atoms with Crippen LogP contribution >= 0.6 is 0 Å². The summed E-state index contributed by atoms with van der Waals surface area (Å²) in [5.41, 5.74) is 7.53. The van der Waals surface area contributed by atoms with Crippen LogP contribution in [0, 0.1) is 23.0 Å². The minimum absolute atomic E-state index is 0.158. The standard InChI is InChI=1S/C15H22N2O3/c1-11-13(6-4-7-14(11)17(18)19)10-20-15-8-3-2-5-12(15)9-16/h4,6-7,12,15H,2-3,5,8-10,16H2,1H3. The van der Waals surface area contributed by atoms with Crippen LogP contribution in [0.4, 0.5) is 5.69 Å². The zero-order chi connectivity index (χ0) is 14.5. The average Bonchev–Trinajstić information content (AvgIpc) is 2.46. The summed E-state index contributed by atoms with van der Waals surface area (Å²) in [6.45, 7) is 2.85. The summed E-state index contributed by atoms with van der Waals surface area (Å²) < 4.78 is 5.99. The first-order valence-corrected chi connectivity index (χ1v) is 7.18. The van der Waals surface area contributed by atoms with Crippen LogP contribution in [-0.4, -0.2) is 17.6 Å². The number of ether oxygens (including phenoxy) is 1. The number of nitrogens with two attached hydrogens (primary N) is 1. The Morgan fingerprint density at radius 3 is 2.85 bits per heavy atom. The van der Waals surface area contributed by atoms with Gasteiger partial charge in [0, 0.05) is 11.6 Å². The Hall–Kier alpha value is -1.46. The summed E-state index contributed by atoms with van der Waals surface area (Å²) >= 11 is 0. The molecule has 1 aromatic rings. The molecule has 1 aromatic carbocycles. The van der Waals surface area contributed by atoms with Crippen LogP contribution in [0.15, 0.2) is 18.2 Å². The lowest BCUT2D eigenvalue weighted by Crippen LogP contribution is -2.33. The van der Waals surface area contributed by atoms with Gasteiger partial charge in [-0.3, -0.25) is 10.1 Å². The molecule has 2 atom stereocenters. The van der Waals surface area contributed by atoms with Gasteiger partial charge >= 0.3 is 0 Å². The summed E-state index contributed by atoms with van der Waals surface area (Å²) in [5, 5.41) is 10.9. The van der Waals surface area contributed by atoms with Crippen LogP contribution in [0.1, 0.15) is 36.8 Å². The highest BCUT2D eigenvalue weighted by atomic mass is 16.6. The van der Waals surface area contributed by atoms with E-state index in [9.17, 15) is 10.1 Å². The maximum absolute atomic E-state index is 10.9. The highest BCUT2D eigenvalue weighted by molar-refractivity contribution is 5.44. The number of nitro benzene ring substituents is 1. The quantitative estimate of drug-likeness (QED) is 0.663. The third kappa shape index (κ3) is 3.35. The molecule has 20 heavy (non-hydrogen) atoms. The van der Waals surface area contributed by atoms with Gasteiger partial charge in [-0.2, -0.15) is 0 Å². The van der Waals surface area contributed by atoms with Crippen molar-refractivity contribution in [2.45, 2.75) is 45.3 Å². The summed E-state index contributed by atoms with van der Waals surface area (Å²) in [5.74, 6) is 0.419. The molecule has 1 saturated carbocycles. The molecule has 2 rings (SSSR count). The van der Waals surface area contributed by atoms with Crippen LogP contribution in [0.2, 0.25) is 0 Å². The van der Waals surface area contributed by atoms with Crippen molar-refractivity contribution in [2.75, 3.05) is 6.54 Å². The number of hydrogen-bond donors (Lipinski definition) is 1. The zero-order valence-electron chi connectivity index (χ0n) is 11.9. The normalized spacial score (nSPS) is 22.7. The van der Waals surface area contributed by atoms with Crippen molar-refractivity contribution in [3.05, 3.63) is 39.4 Å². The van der Waals surface area contributed by atoms with Crippen molar-refractivity contribution >= 4 is 5.69 Å². The largest absolute Gasteiger partial charge is 0.373 e. The fourth-order valence-electron chi connectivity index (χ4n) is 2.88.